The molecule has 0 radical (unpaired) electrons. The van der Waals surface area contributed by atoms with Crippen LogP contribution in [0.5, 0.6) is 0 Å². The number of nitrogens with one attached hydrogen (secondary N) is 2. The third-order valence-electron chi connectivity index (χ3n) is 2.73. The topological polar surface area (TPSA) is 67.4 Å². The lowest BCUT2D eigenvalue weighted by Crippen LogP contribution is -2.50. The number of ether oxygens (including phenoxy) is 1. The fourth-order valence-electron chi connectivity index (χ4n) is 1.97. The van der Waals surface area contributed by atoms with Gasteiger partial charge in [0.2, 0.25) is 11.8 Å². The van der Waals surface area contributed by atoms with Gasteiger partial charge in [0.05, 0.1) is 6.61 Å². The van der Waals surface area contributed by atoms with Crippen LogP contribution in [-0.4, -0.2) is 37.6 Å². The summed E-state index contributed by atoms with van der Waals surface area (Å²) in [6.07, 6.45) is 4.40. The molecule has 0 aliphatic heterocycles. The third kappa shape index (κ3) is 4.18. The molecule has 92 valence electrons. The fourth-order valence-corrected chi connectivity index (χ4v) is 1.97. The predicted octanol–water partition coefficient (Wildman–Crippen LogP) is 0.196. The van der Waals surface area contributed by atoms with E-state index < -0.39 is 6.04 Å². The quantitative estimate of drug-likeness (QED) is 0.706. The number of hydrogen-bond donors (Lipinski definition) is 2. The molecular weight excluding hydrogens is 208 g/mol. The van der Waals surface area contributed by atoms with E-state index in [1.54, 1.807) is 0 Å². The van der Waals surface area contributed by atoms with Crippen molar-refractivity contribution in [3.05, 3.63) is 0 Å². The van der Waals surface area contributed by atoms with Crippen LogP contribution in [0.4, 0.5) is 0 Å². The maximum Gasteiger partial charge on any atom is 0.245 e. The van der Waals surface area contributed by atoms with Gasteiger partial charge in [0.15, 0.2) is 0 Å². The Kier molecular flexibility index (Phi) is 5.25. The van der Waals surface area contributed by atoms with E-state index in [2.05, 4.69) is 10.6 Å². The van der Waals surface area contributed by atoms with E-state index in [1.807, 2.05) is 0 Å². The van der Waals surface area contributed by atoms with Crippen molar-refractivity contribution in [2.75, 3.05) is 13.7 Å². The van der Waals surface area contributed by atoms with Gasteiger partial charge in [-0.3, -0.25) is 9.59 Å². The number of carbonyl (C=O) groups excluding carboxylic acids is 2. The second kappa shape index (κ2) is 6.48. The van der Waals surface area contributed by atoms with Crippen molar-refractivity contribution < 1.29 is 14.3 Å². The second-order valence-electron chi connectivity index (χ2n) is 4.20. The highest BCUT2D eigenvalue weighted by atomic mass is 16.5. The molecule has 5 nitrogen and oxygen atoms in total. The van der Waals surface area contributed by atoms with Gasteiger partial charge in [0.1, 0.15) is 6.04 Å². The normalized spacial score (nSPS) is 18.1. The summed E-state index contributed by atoms with van der Waals surface area (Å²) in [5.41, 5.74) is 0. The molecule has 0 saturated heterocycles. The highest BCUT2D eigenvalue weighted by molar-refractivity contribution is 5.87. The molecule has 2 amide bonds. The molecule has 0 unspecified atom stereocenters. The molecular formula is C11H20N2O3. The Morgan fingerprint density at radius 1 is 1.38 bits per heavy atom. The second-order valence-corrected chi connectivity index (χ2v) is 4.20. The Balaban J connectivity index is 2.42. The summed E-state index contributed by atoms with van der Waals surface area (Å²) in [4.78, 5) is 22.7. The Bertz CT molecular complexity index is 250. The van der Waals surface area contributed by atoms with Crippen molar-refractivity contribution in [1.29, 1.82) is 0 Å². The zero-order valence-electron chi connectivity index (χ0n) is 9.91. The standard InChI is InChI=1S/C11H20N2O3/c1-8(14)12-10(7-16-2)11(15)13-9-5-3-4-6-9/h9-10H,3-7H2,1-2H3,(H,12,14)(H,13,15)/t10-/m1/s1. The summed E-state index contributed by atoms with van der Waals surface area (Å²) in [6.45, 7) is 1.60. The minimum absolute atomic E-state index is 0.149. The zero-order valence-corrected chi connectivity index (χ0v) is 9.91. The molecule has 0 aromatic rings. The van der Waals surface area contributed by atoms with Gasteiger partial charge in [-0.1, -0.05) is 12.8 Å². The van der Waals surface area contributed by atoms with E-state index in [1.165, 1.54) is 26.9 Å². The van der Waals surface area contributed by atoms with Gasteiger partial charge < -0.3 is 15.4 Å². The van der Waals surface area contributed by atoms with Crippen LogP contribution in [0.15, 0.2) is 0 Å². The fraction of sp³-hybridized carbons (Fsp3) is 0.818. The summed E-state index contributed by atoms with van der Waals surface area (Å²) < 4.78 is 4.91. The third-order valence-corrected chi connectivity index (χ3v) is 2.73. The Hall–Kier alpha value is -1.10. The summed E-state index contributed by atoms with van der Waals surface area (Å²) in [5.74, 6) is -0.368. The monoisotopic (exact) mass is 228 g/mol. The van der Waals surface area contributed by atoms with Crippen molar-refractivity contribution in [2.24, 2.45) is 0 Å². The molecule has 1 aliphatic rings. The van der Waals surface area contributed by atoms with E-state index in [-0.39, 0.29) is 24.5 Å². The molecule has 0 spiro atoms. The molecule has 0 aromatic heterocycles. The number of rotatable bonds is 5. The highest BCUT2D eigenvalue weighted by Crippen LogP contribution is 2.17. The lowest BCUT2D eigenvalue weighted by molar-refractivity contribution is -0.129. The maximum absolute atomic E-state index is 11.8. The maximum atomic E-state index is 11.8. The molecule has 0 heterocycles. The van der Waals surface area contributed by atoms with Crippen LogP contribution in [0, 0.1) is 0 Å². The van der Waals surface area contributed by atoms with Gasteiger partial charge >= 0.3 is 0 Å². The molecule has 0 bridgehead atoms. The van der Waals surface area contributed by atoms with Crippen molar-refractivity contribution >= 4 is 11.8 Å². The van der Waals surface area contributed by atoms with Gasteiger partial charge in [-0.2, -0.15) is 0 Å². The molecule has 1 saturated carbocycles. The first-order valence-electron chi connectivity index (χ1n) is 5.70. The van der Waals surface area contributed by atoms with Crippen LogP contribution < -0.4 is 10.6 Å². The number of methoxy groups -OCH3 is 1. The molecule has 16 heavy (non-hydrogen) atoms. The smallest absolute Gasteiger partial charge is 0.245 e. The molecule has 1 atom stereocenters. The Morgan fingerprint density at radius 2 is 2.00 bits per heavy atom. The molecule has 1 fully saturated rings. The minimum atomic E-state index is -0.580. The average molecular weight is 228 g/mol. The molecule has 5 heteroatoms. The molecule has 1 aliphatic carbocycles. The van der Waals surface area contributed by atoms with E-state index in [4.69, 9.17) is 4.74 Å². The summed E-state index contributed by atoms with van der Waals surface area (Å²) in [5, 5.41) is 5.51. The van der Waals surface area contributed by atoms with E-state index in [0.29, 0.717) is 0 Å². The molecule has 0 aromatic carbocycles. The van der Waals surface area contributed by atoms with Crippen molar-refractivity contribution in [3.8, 4) is 0 Å². The number of hydrogen-bond acceptors (Lipinski definition) is 3. The predicted molar refractivity (Wildman–Crippen MR) is 59.9 cm³/mol. The van der Waals surface area contributed by atoms with Crippen molar-refractivity contribution in [3.63, 3.8) is 0 Å². The van der Waals surface area contributed by atoms with Gasteiger partial charge in [-0.15, -0.1) is 0 Å². The number of carbonyl (C=O) groups is 2. The first-order chi connectivity index (χ1) is 7.63. The lowest BCUT2D eigenvalue weighted by Gasteiger charge is -2.19. The van der Waals surface area contributed by atoms with Crippen LogP contribution in [0.1, 0.15) is 32.6 Å². The van der Waals surface area contributed by atoms with Gasteiger partial charge in [0, 0.05) is 20.1 Å². The van der Waals surface area contributed by atoms with Crippen molar-refractivity contribution in [2.45, 2.75) is 44.7 Å². The largest absolute Gasteiger partial charge is 0.382 e. The zero-order chi connectivity index (χ0) is 12.0. The van der Waals surface area contributed by atoms with Crippen LogP contribution in [0.3, 0.4) is 0 Å². The summed E-state index contributed by atoms with van der Waals surface area (Å²) in [7, 11) is 1.51. The Labute approximate surface area is 95.9 Å². The van der Waals surface area contributed by atoms with E-state index >= 15 is 0 Å². The summed E-state index contributed by atoms with van der Waals surface area (Å²) in [6, 6.07) is -0.316. The lowest BCUT2D eigenvalue weighted by atomic mass is 10.2. The first kappa shape index (κ1) is 13.0. The average Bonchev–Trinajstić information content (AvgIpc) is 2.69. The SMILES string of the molecule is COC[C@@H](NC(C)=O)C(=O)NC1CCCC1. The minimum Gasteiger partial charge on any atom is -0.382 e. The number of amides is 2. The van der Waals surface area contributed by atoms with Crippen LogP contribution in [0.2, 0.25) is 0 Å². The van der Waals surface area contributed by atoms with E-state index in [9.17, 15) is 9.59 Å². The van der Waals surface area contributed by atoms with Gasteiger partial charge in [-0.05, 0) is 12.8 Å². The van der Waals surface area contributed by atoms with Crippen LogP contribution in [0.25, 0.3) is 0 Å². The highest BCUT2D eigenvalue weighted by Gasteiger charge is 2.23. The molecule has 2 N–H and O–H groups in total. The van der Waals surface area contributed by atoms with Crippen molar-refractivity contribution in [1.82, 2.24) is 10.6 Å². The van der Waals surface area contributed by atoms with E-state index in [0.717, 1.165) is 12.8 Å². The van der Waals surface area contributed by atoms with Gasteiger partial charge in [-0.25, -0.2) is 0 Å². The first-order valence-corrected chi connectivity index (χ1v) is 5.70. The van der Waals surface area contributed by atoms with Crippen LogP contribution >= 0.6 is 0 Å². The summed E-state index contributed by atoms with van der Waals surface area (Å²) >= 11 is 0. The van der Waals surface area contributed by atoms with Gasteiger partial charge in [0.25, 0.3) is 0 Å². The Morgan fingerprint density at radius 3 is 2.50 bits per heavy atom. The molecule has 1 rings (SSSR count). The van der Waals surface area contributed by atoms with Crippen LogP contribution in [-0.2, 0) is 14.3 Å².